The predicted molar refractivity (Wildman–Crippen MR) is 167 cm³/mol. The highest BCUT2D eigenvalue weighted by Crippen LogP contribution is 2.28. The summed E-state index contributed by atoms with van der Waals surface area (Å²) < 4.78 is 11.9. The van der Waals surface area contributed by atoms with E-state index in [1.54, 1.807) is 36.4 Å². The fraction of sp³-hybridized carbons (Fsp3) is 0.276. The minimum Gasteiger partial charge on any atom is -0.487 e. The van der Waals surface area contributed by atoms with E-state index in [1.165, 1.54) is 5.56 Å². The number of hydrogen-bond donors (Lipinski definition) is 1. The van der Waals surface area contributed by atoms with Crippen molar-refractivity contribution < 1.29 is 14.3 Å². The summed E-state index contributed by atoms with van der Waals surface area (Å²) in [5.74, 6) is 0.431. The van der Waals surface area contributed by atoms with E-state index >= 15 is 0 Å². The summed E-state index contributed by atoms with van der Waals surface area (Å²) in [4.78, 5) is 17.6. The van der Waals surface area contributed by atoms with Crippen molar-refractivity contribution in [1.82, 2.24) is 9.80 Å². The summed E-state index contributed by atoms with van der Waals surface area (Å²) in [6.07, 6.45) is 3.69. The number of rotatable bonds is 8. The van der Waals surface area contributed by atoms with Gasteiger partial charge in [-0.15, -0.1) is 37.2 Å². The molecule has 0 saturated carbocycles. The van der Waals surface area contributed by atoms with Crippen molar-refractivity contribution in [3.05, 3.63) is 93.6 Å². The average Bonchev–Trinajstić information content (AvgIpc) is 2.89. The molecule has 1 aliphatic rings. The zero-order chi connectivity index (χ0) is 24.9. The van der Waals surface area contributed by atoms with Gasteiger partial charge in [0.2, 0.25) is 5.43 Å². The van der Waals surface area contributed by atoms with E-state index in [-0.39, 0.29) is 49.3 Å². The molecule has 1 fully saturated rings. The highest BCUT2D eigenvalue weighted by atomic mass is 35.5. The van der Waals surface area contributed by atoms with Crippen LogP contribution in [0.5, 0.6) is 5.75 Å². The molecule has 6 nitrogen and oxygen atoms in total. The first-order valence-electron chi connectivity index (χ1n) is 12.2. The normalized spacial score (nSPS) is 14.9. The van der Waals surface area contributed by atoms with Crippen molar-refractivity contribution in [3.63, 3.8) is 0 Å². The van der Waals surface area contributed by atoms with E-state index in [2.05, 4.69) is 34.1 Å². The number of ether oxygens (including phenoxy) is 1. The Morgan fingerprint density at radius 1 is 0.923 bits per heavy atom. The molecule has 0 bridgehead atoms. The van der Waals surface area contributed by atoms with Crippen LogP contribution in [0.15, 0.2) is 82.0 Å². The van der Waals surface area contributed by atoms with Gasteiger partial charge in [0.1, 0.15) is 18.3 Å². The molecule has 2 heterocycles. The number of halogens is 4. The largest absolute Gasteiger partial charge is 0.487 e. The van der Waals surface area contributed by atoms with E-state index in [0.717, 1.165) is 32.7 Å². The zero-order valence-corrected chi connectivity index (χ0v) is 24.4. The Kier molecular flexibility index (Phi) is 13.1. The maximum absolute atomic E-state index is 12.9. The molecule has 3 aromatic carbocycles. The van der Waals surface area contributed by atoms with E-state index in [1.807, 2.05) is 18.2 Å². The second-order valence-corrected chi connectivity index (χ2v) is 9.52. The molecule has 0 amide bonds. The standard InChI is InChI=1S/C29H29ClN2O4.3ClH/c30-22-11-12-24-27(18-22)36-29-25(28(24)34)9-4-10-26(29)35-20-23(33)19-32-16-14-31(15-17-32)13-5-8-21-6-2-1-3-7-21;;;/h1-12,18,23,33H,13-17,19-20H2;3*1H/b8-5+;;;. The van der Waals surface area contributed by atoms with Crippen LogP contribution in [0.2, 0.25) is 5.02 Å². The lowest BCUT2D eigenvalue weighted by atomic mass is 10.1. The van der Waals surface area contributed by atoms with Gasteiger partial charge in [0, 0.05) is 50.4 Å². The van der Waals surface area contributed by atoms with Gasteiger partial charge in [0.15, 0.2) is 11.3 Å². The molecule has 1 aromatic heterocycles. The van der Waals surface area contributed by atoms with Crippen LogP contribution >= 0.6 is 48.8 Å². The topological polar surface area (TPSA) is 66.2 Å². The molecule has 0 radical (unpaired) electrons. The first kappa shape index (κ1) is 32.9. The number of fused-ring (bicyclic) bond motifs is 2. The summed E-state index contributed by atoms with van der Waals surface area (Å²) in [6, 6.07) is 20.5. The molecule has 1 aliphatic heterocycles. The number of nitrogens with zero attached hydrogens (tertiary/aromatic N) is 2. The summed E-state index contributed by atoms with van der Waals surface area (Å²) in [6.45, 7) is 5.25. The molecule has 210 valence electrons. The quantitative estimate of drug-likeness (QED) is 0.248. The molecule has 1 unspecified atom stereocenters. The van der Waals surface area contributed by atoms with Crippen LogP contribution in [0, 0.1) is 0 Å². The second kappa shape index (κ2) is 15.5. The molecular formula is C29H32Cl4N2O4. The Labute approximate surface area is 251 Å². The molecule has 1 N–H and O–H groups in total. The van der Waals surface area contributed by atoms with Gasteiger partial charge in [0.05, 0.1) is 10.8 Å². The lowest BCUT2D eigenvalue weighted by molar-refractivity contribution is 0.0483. The van der Waals surface area contributed by atoms with Crippen LogP contribution in [-0.4, -0.2) is 66.9 Å². The maximum Gasteiger partial charge on any atom is 0.200 e. The highest BCUT2D eigenvalue weighted by molar-refractivity contribution is 6.31. The molecule has 39 heavy (non-hydrogen) atoms. The maximum atomic E-state index is 12.9. The molecule has 4 aromatic rings. The average molecular weight is 614 g/mol. The van der Waals surface area contributed by atoms with Gasteiger partial charge in [-0.2, -0.15) is 0 Å². The van der Waals surface area contributed by atoms with E-state index in [0.29, 0.717) is 39.3 Å². The molecule has 5 rings (SSSR count). The summed E-state index contributed by atoms with van der Waals surface area (Å²) in [5.41, 5.74) is 1.85. The first-order valence-corrected chi connectivity index (χ1v) is 12.6. The molecular weight excluding hydrogens is 582 g/mol. The van der Waals surface area contributed by atoms with Crippen LogP contribution in [0.25, 0.3) is 28.0 Å². The predicted octanol–water partition coefficient (Wildman–Crippen LogP) is 5.94. The van der Waals surface area contributed by atoms with E-state index in [4.69, 9.17) is 20.8 Å². The van der Waals surface area contributed by atoms with Crippen molar-refractivity contribution in [3.8, 4) is 5.75 Å². The number of β-amino-alcohol motifs (C(OH)–C–C–N with tert-alkyl or cyclic N) is 1. The number of hydrogen-bond acceptors (Lipinski definition) is 6. The Morgan fingerprint density at radius 3 is 2.38 bits per heavy atom. The molecule has 1 saturated heterocycles. The Balaban J connectivity index is 0.00000178. The first-order chi connectivity index (χ1) is 17.6. The number of aliphatic hydroxyl groups is 1. The van der Waals surface area contributed by atoms with Crippen molar-refractivity contribution in [2.45, 2.75) is 6.10 Å². The number of benzene rings is 3. The lowest BCUT2D eigenvalue weighted by Crippen LogP contribution is -2.49. The van der Waals surface area contributed by atoms with Gasteiger partial charge in [-0.05, 0) is 29.8 Å². The van der Waals surface area contributed by atoms with Gasteiger partial charge in [-0.3, -0.25) is 14.6 Å². The summed E-state index contributed by atoms with van der Waals surface area (Å²) in [7, 11) is 0. The fourth-order valence-corrected chi connectivity index (χ4v) is 4.69. The minimum absolute atomic E-state index is 0. The van der Waals surface area contributed by atoms with Crippen molar-refractivity contribution in [2.24, 2.45) is 0 Å². The van der Waals surface area contributed by atoms with Crippen LogP contribution in [0.4, 0.5) is 0 Å². The fourth-order valence-electron chi connectivity index (χ4n) is 4.53. The third-order valence-corrected chi connectivity index (χ3v) is 6.70. The number of piperazine rings is 1. The summed E-state index contributed by atoms with van der Waals surface area (Å²) in [5, 5.41) is 12.0. The lowest BCUT2D eigenvalue weighted by Gasteiger charge is -2.35. The van der Waals surface area contributed by atoms with Gasteiger partial charge < -0.3 is 14.3 Å². The van der Waals surface area contributed by atoms with E-state index in [9.17, 15) is 9.90 Å². The van der Waals surface area contributed by atoms with Crippen LogP contribution in [-0.2, 0) is 0 Å². The van der Waals surface area contributed by atoms with Crippen LogP contribution in [0.1, 0.15) is 5.56 Å². The monoisotopic (exact) mass is 612 g/mol. The van der Waals surface area contributed by atoms with Crippen LogP contribution in [0.3, 0.4) is 0 Å². The molecule has 0 aliphatic carbocycles. The van der Waals surface area contributed by atoms with E-state index < -0.39 is 6.10 Å². The second-order valence-electron chi connectivity index (χ2n) is 9.08. The molecule has 1 atom stereocenters. The van der Waals surface area contributed by atoms with Gasteiger partial charge >= 0.3 is 0 Å². The molecule has 0 spiro atoms. The Bertz CT molecular complexity index is 1420. The third-order valence-electron chi connectivity index (χ3n) is 6.46. The minimum atomic E-state index is -0.661. The highest BCUT2D eigenvalue weighted by Gasteiger charge is 2.19. The molecule has 10 heteroatoms. The van der Waals surface area contributed by atoms with Gasteiger partial charge in [-0.25, -0.2) is 0 Å². The third kappa shape index (κ3) is 8.35. The van der Waals surface area contributed by atoms with Crippen molar-refractivity contribution in [1.29, 1.82) is 0 Å². The Morgan fingerprint density at radius 2 is 1.64 bits per heavy atom. The van der Waals surface area contributed by atoms with Crippen molar-refractivity contribution in [2.75, 3.05) is 45.9 Å². The summed E-state index contributed by atoms with van der Waals surface area (Å²) >= 11 is 6.08. The number of para-hydroxylation sites is 1. The smallest absolute Gasteiger partial charge is 0.200 e. The zero-order valence-electron chi connectivity index (χ0n) is 21.2. The van der Waals surface area contributed by atoms with Crippen LogP contribution < -0.4 is 10.2 Å². The Hall–Kier alpha value is -2.29. The number of aliphatic hydroxyl groups excluding tert-OH is 1. The SMILES string of the molecule is Cl.Cl.Cl.O=c1c2ccc(Cl)cc2oc2c(OCC(O)CN3CCN(C/C=C/c4ccccc4)CC3)cccc12. The van der Waals surface area contributed by atoms with Gasteiger partial charge in [-0.1, -0.05) is 60.2 Å². The van der Waals surface area contributed by atoms with Crippen molar-refractivity contribution >= 4 is 76.8 Å². The van der Waals surface area contributed by atoms with Gasteiger partial charge in [0.25, 0.3) is 0 Å².